The number of hydrogen-bond acceptors (Lipinski definition) is 7. The second kappa shape index (κ2) is 10.5. The summed E-state index contributed by atoms with van der Waals surface area (Å²) in [5.41, 5.74) is 0.804. The van der Waals surface area contributed by atoms with Gasteiger partial charge in [0.2, 0.25) is 5.91 Å². The molecule has 0 atom stereocenters. The Bertz CT molecular complexity index is 890. The maximum absolute atomic E-state index is 12.6. The van der Waals surface area contributed by atoms with Crippen molar-refractivity contribution in [3.8, 4) is 0 Å². The summed E-state index contributed by atoms with van der Waals surface area (Å²) in [4.78, 5) is 43.8. The van der Waals surface area contributed by atoms with Gasteiger partial charge in [-0.25, -0.2) is 4.98 Å². The molecule has 168 valence electrons. The number of aromatic nitrogens is 2. The van der Waals surface area contributed by atoms with Crippen molar-refractivity contribution < 1.29 is 29.0 Å². The number of rotatable bonds is 5. The summed E-state index contributed by atoms with van der Waals surface area (Å²) in [6.45, 7) is 2.15. The van der Waals surface area contributed by atoms with E-state index in [1.165, 1.54) is 24.0 Å². The highest BCUT2D eigenvalue weighted by Gasteiger charge is 2.43. The number of likely N-dealkylation sites (tertiary alicyclic amines) is 1. The third-order valence-electron chi connectivity index (χ3n) is 5.36. The first-order valence-electron chi connectivity index (χ1n) is 9.91. The number of methoxy groups -OCH3 is 1. The van der Waals surface area contributed by atoms with Crippen molar-refractivity contribution in [2.75, 3.05) is 33.4 Å². The van der Waals surface area contributed by atoms with E-state index in [4.69, 9.17) is 19.4 Å². The molecule has 0 unspecified atom stereocenters. The molecular formula is C20H26N4O6S. The van der Waals surface area contributed by atoms with Gasteiger partial charge < -0.3 is 29.8 Å². The number of piperidine rings is 1. The Morgan fingerprint density at radius 1 is 1.45 bits per heavy atom. The van der Waals surface area contributed by atoms with E-state index in [9.17, 15) is 9.59 Å². The van der Waals surface area contributed by atoms with E-state index in [0.29, 0.717) is 31.1 Å². The van der Waals surface area contributed by atoms with Gasteiger partial charge in [0.15, 0.2) is 0 Å². The van der Waals surface area contributed by atoms with Gasteiger partial charge in [-0.3, -0.25) is 14.4 Å². The van der Waals surface area contributed by atoms with E-state index in [-0.39, 0.29) is 30.5 Å². The average Bonchev–Trinajstić information content (AvgIpc) is 3.44. The molecule has 0 bridgehead atoms. The molecule has 10 nitrogen and oxygen atoms in total. The van der Waals surface area contributed by atoms with Gasteiger partial charge in [0.1, 0.15) is 18.0 Å². The van der Waals surface area contributed by atoms with Crippen LogP contribution in [0.15, 0.2) is 18.5 Å². The minimum absolute atomic E-state index is 0.0116. The Labute approximate surface area is 183 Å². The number of fused-ring (bicyclic) bond motifs is 2. The van der Waals surface area contributed by atoms with Crippen LogP contribution >= 0.6 is 11.3 Å². The molecule has 1 saturated heterocycles. The first-order chi connectivity index (χ1) is 15.0. The minimum atomic E-state index is -0.387. The number of amides is 2. The van der Waals surface area contributed by atoms with Crippen molar-refractivity contribution >= 4 is 29.6 Å². The topological polar surface area (TPSA) is 134 Å². The molecule has 11 heteroatoms. The predicted molar refractivity (Wildman–Crippen MR) is 112 cm³/mol. The quantitative estimate of drug-likeness (QED) is 0.582. The van der Waals surface area contributed by atoms with Gasteiger partial charge >= 0.3 is 0 Å². The third kappa shape index (κ3) is 5.30. The number of imidazole rings is 1. The lowest BCUT2D eigenvalue weighted by molar-refractivity contribution is -0.143. The lowest BCUT2D eigenvalue weighted by Crippen LogP contribution is -2.48. The molecule has 4 rings (SSSR count). The van der Waals surface area contributed by atoms with Crippen LogP contribution in [0.4, 0.5) is 0 Å². The lowest BCUT2D eigenvalue weighted by Gasteiger charge is -2.43. The first-order valence-corrected chi connectivity index (χ1v) is 10.7. The fraction of sp³-hybridized carbons (Fsp3) is 0.500. The van der Waals surface area contributed by atoms with Gasteiger partial charge in [-0.05, 0) is 30.9 Å². The number of carbonyl (C=O) groups excluding carboxylic acids is 2. The highest BCUT2D eigenvalue weighted by Crippen LogP contribution is 2.45. The van der Waals surface area contributed by atoms with Crippen molar-refractivity contribution in [2.24, 2.45) is 0 Å². The highest BCUT2D eigenvalue weighted by atomic mass is 32.1. The van der Waals surface area contributed by atoms with Gasteiger partial charge in [-0.2, -0.15) is 0 Å². The Morgan fingerprint density at radius 3 is 2.84 bits per heavy atom. The number of H-pyrrole nitrogens is 1. The molecule has 4 heterocycles. The van der Waals surface area contributed by atoms with Crippen molar-refractivity contribution in [1.29, 1.82) is 0 Å². The van der Waals surface area contributed by atoms with Gasteiger partial charge in [-0.15, -0.1) is 11.3 Å². The molecule has 1 fully saturated rings. The Hall–Kier alpha value is -2.76. The summed E-state index contributed by atoms with van der Waals surface area (Å²) in [6, 6.07) is 1.99. The van der Waals surface area contributed by atoms with Crippen LogP contribution in [0.3, 0.4) is 0 Å². The number of carbonyl (C=O) groups is 3. The van der Waals surface area contributed by atoms with Crippen LogP contribution in [0.5, 0.6) is 0 Å². The van der Waals surface area contributed by atoms with E-state index in [1.54, 1.807) is 12.4 Å². The SMILES string of the molecule is COCC(=O)N1CCC2(CC1)OCCc1cc(C(=O)NCc3ncc[nH]3)sc12.O=CO. The Morgan fingerprint density at radius 2 is 2.19 bits per heavy atom. The van der Waals surface area contributed by atoms with Gasteiger partial charge in [-0.1, -0.05) is 0 Å². The van der Waals surface area contributed by atoms with Crippen molar-refractivity contribution in [3.05, 3.63) is 39.6 Å². The Balaban J connectivity index is 0.000000858. The molecule has 2 aliphatic heterocycles. The van der Waals surface area contributed by atoms with Gasteiger partial charge in [0, 0.05) is 37.5 Å². The summed E-state index contributed by atoms with van der Waals surface area (Å²) in [5.74, 6) is 0.638. The van der Waals surface area contributed by atoms with Crippen LogP contribution in [0.1, 0.15) is 38.8 Å². The van der Waals surface area contributed by atoms with Crippen LogP contribution in [0.25, 0.3) is 0 Å². The van der Waals surface area contributed by atoms with Crippen LogP contribution < -0.4 is 5.32 Å². The molecule has 2 aromatic rings. The maximum atomic E-state index is 12.6. The Kier molecular flexibility index (Phi) is 7.77. The van der Waals surface area contributed by atoms with E-state index < -0.39 is 0 Å². The summed E-state index contributed by atoms with van der Waals surface area (Å²) in [5, 5.41) is 9.80. The van der Waals surface area contributed by atoms with Crippen LogP contribution in [-0.2, 0) is 37.6 Å². The van der Waals surface area contributed by atoms with Crippen LogP contribution in [-0.4, -0.2) is 71.7 Å². The zero-order chi connectivity index (χ0) is 22.3. The number of ether oxygens (including phenoxy) is 2. The number of nitrogens with one attached hydrogen (secondary N) is 2. The lowest BCUT2D eigenvalue weighted by atomic mass is 9.85. The number of nitrogens with zero attached hydrogens (tertiary/aromatic N) is 2. The molecule has 3 N–H and O–H groups in total. The van der Waals surface area contributed by atoms with E-state index >= 15 is 0 Å². The molecular weight excluding hydrogens is 424 g/mol. The number of carboxylic acid groups (broad SMARTS) is 1. The molecule has 31 heavy (non-hydrogen) atoms. The van der Waals surface area contributed by atoms with Crippen molar-refractivity contribution in [1.82, 2.24) is 20.2 Å². The first kappa shape index (κ1) is 22.9. The fourth-order valence-electron chi connectivity index (χ4n) is 3.88. The second-order valence-corrected chi connectivity index (χ2v) is 8.25. The molecule has 2 amide bonds. The van der Waals surface area contributed by atoms with E-state index in [0.717, 1.165) is 30.0 Å². The average molecular weight is 451 g/mol. The monoisotopic (exact) mass is 450 g/mol. The highest BCUT2D eigenvalue weighted by molar-refractivity contribution is 7.14. The van der Waals surface area contributed by atoms with Crippen molar-refractivity contribution in [3.63, 3.8) is 0 Å². The molecule has 0 radical (unpaired) electrons. The number of aromatic amines is 1. The molecule has 0 aromatic carbocycles. The third-order valence-corrected chi connectivity index (χ3v) is 6.72. The molecule has 0 aliphatic carbocycles. The number of thiophene rings is 1. The minimum Gasteiger partial charge on any atom is -0.483 e. The number of hydrogen-bond donors (Lipinski definition) is 3. The van der Waals surface area contributed by atoms with E-state index in [1.807, 2.05) is 11.0 Å². The van der Waals surface area contributed by atoms with Crippen LogP contribution in [0, 0.1) is 0 Å². The fourth-order valence-corrected chi connectivity index (χ4v) is 5.21. The molecule has 0 saturated carbocycles. The van der Waals surface area contributed by atoms with Crippen LogP contribution in [0.2, 0.25) is 0 Å². The maximum Gasteiger partial charge on any atom is 0.290 e. The largest absolute Gasteiger partial charge is 0.483 e. The van der Waals surface area contributed by atoms with Gasteiger partial charge in [0.05, 0.1) is 18.0 Å². The normalized spacial score (nSPS) is 16.7. The standard InChI is InChI=1S/C19H24N4O4S.CH2O2/c1-26-12-16(24)23-7-3-19(4-8-23)17-13(2-9-27-19)10-14(28-17)18(25)22-11-15-20-5-6-21-15;2-1-3/h5-6,10H,2-4,7-9,11-12H2,1H3,(H,20,21)(H,22,25);1H,(H,2,3). The smallest absolute Gasteiger partial charge is 0.290 e. The summed E-state index contributed by atoms with van der Waals surface area (Å²) in [6.07, 6.45) is 5.69. The summed E-state index contributed by atoms with van der Waals surface area (Å²) in [7, 11) is 1.53. The zero-order valence-electron chi connectivity index (χ0n) is 17.3. The molecule has 2 aromatic heterocycles. The molecule has 2 aliphatic rings. The van der Waals surface area contributed by atoms with Gasteiger partial charge in [0.25, 0.3) is 12.4 Å². The zero-order valence-corrected chi connectivity index (χ0v) is 18.1. The predicted octanol–water partition coefficient (Wildman–Crippen LogP) is 1.14. The second-order valence-electron chi connectivity index (χ2n) is 7.20. The summed E-state index contributed by atoms with van der Waals surface area (Å²) < 4.78 is 11.2. The molecule has 1 spiro atoms. The van der Waals surface area contributed by atoms with E-state index in [2.05, 4.69) is 15.3 Å². The van der Waals surface area contributed by atoms with Crippen molar-refractivity contribution in [2.45, 2.75) is 31.4 Å². The summed E-state index contributed by atoms with van der Waals surface area (Å²) >= 11 is 1.51.